The Morgan fingerprint density at radius 1 is 0.348 bits per heavy atom. The molecule has 0 unspecified atom stereocenters. The molecule has 0 spiro atoms. The van der Waals surface area contributed by atoms with Crippen molar-refractivity contribution in [1.29, 1.82) is 0 Å². The first kappa shape index (κ1) is 89.8. The Bertz CT molecular complexity index is 5090. The summed E-state index contributed by atoms with van der Waals surface area (Å²) < 4.78 is 1.87. The Labute approximate surface area is 754 Å². The molecule has 5 aromatic heterocycles. The van der Waals surface area contributed by atoms with Crippen LogP contribution in [0.5, 0.6) is 0 Å². The molecule has 0 fully saturated rings. The van der Waals surface area contributed by atoms with Crippen LogP contribution in [-0.2, 0) is 66.9 Å². The van der Waals surface area contributed by atoms with Crippen molar-refractivity contribution in [2.45, 2.75) is 148 Å². The summed E-state index contributed by atoms with van der Waals surface area (Å²) in [5.41, 5.74) is 40.1. The second-order valence-electron chi connectivity index (χ2n) is 28.9. The molecule has 8 nitrogen and oxygen atoms in total. The van der Waals surface area contributed by atoms with Crippen LogP contribution in [0.3, 0.4) is 0 Å². The average Bonchev–Trinajstić information content (AvgIpc) is 1.43. The number of anilines is 6. The molecular formula is C103H105BEuIrN8Pt-. The van der Waals surface area contributed by atoms with Gasteiger partial charge < -0.3 is 29.2 Å². The minimum absolute atomic E-state index is 0. The molecule has 3 radical (unpaired) electrons. The summed E-state index contributed by atoms with van der Waals surface area (Å²) in [4.78, 5) is 29.8. The Morgan fingerprint density at radius 2 is 0.635 bits per heavy atom. The normalized spacial score (nSPS) is 11.5. The van der Waals surface area contributed by atoms with Gasteiger partial charge in [0.15, 0.2) is 0 Å². The van der Waals surface area contributed by atoms with E-state index in [1.165, 1.54) is 89.2 Å². The van der Waals surface area contributed by atoms with Gasteiger partial charge >= 0.3 is 21.1 Å². The van der Waals surface area contributed by atoms with E-state index in [2.05, 4.69) is 343 Å². The average molecular weight is 2010 g/mol. The molecule has 0 N–H and O–H groups in total. The first-order chi connectivity index (χ1) is 54.5. The van der Waals surface area contributed by atoms with E-state index in [0.29, 0.717) is 0 Å². The van der Waals surface area contributed by atoms with Crippen molar-refractivity contribution in [3.8, 4) is 11.3 Å². The molecule has 7 heterocycles. The van der Waals surface area contributed by atoms with E-state index in [-0.39, 0.29) is 90.5 Å². The maximum atomic E-state index is 5.25. The zero-order valence-electron chi connectivity index (χ0n) is 69.0. The van der Waals surface area contributed by atoms with Crippen molar-refractivity contribution < 1.29 is 90.5 Å². The van der Waals surface area contributed by atoms with E-state index >= 15 is 0 Å². The van der Waals surface area contributed by atoms with E-state index < -0.39 is 0 Å². The molecule has 8 bridgehead atoms. The van der Waals surface area contributed by atoms with Crippen molar-refractivity contribution in [1.82, 2.24) is 29.4 Å². The molecule has 15 rings (SSSR count). The second kappa shape index (κ2) is 43.2. The van der Waals surface area contributed by atoms with E-state index in [1.807, 2.05) is 60.1 Å². The molecule has 0 saturated heterocycles. The van der Waals surface area contributed by atoms with Gasteiger partial charge in [0.05, 0.1) is 22.8 Å². The maximum absolute atomic E-state index is 5.25. The van der Waals surface area contributed by atoms with Crippen LogP contribution in [0.15, 0.2) is 255 Å². The van der Waals surface area contributed by atoms with Gasteiger partial charge in [0, 0.05) is 115 Å². The first-order valence-corrected chi connectivity index (χ1v) is 40.0. The molecule has 0 atom stereocenters. The fourth-order valence-electron chi connectivity index (χ4n) is 15.0. The van der Waals surface area contributed by atoms with Crippen molar-refractivity contribution in [3.05, 3.63) is 362 Å². The molecule has 2 aliphatic heterocycles. The van der Waals surface area contributed by atoms with E-state index in [0.717, 1.165) is 153 Å². The molecule has 13 aromatic rings. The summed E-state index contributed by atoms with van der Waals surface area (Å²) in [6.45, 7) is 30.5. The zero-order chi connectivity index (χ0) is 78.8. The Kier molecular flexibility index (Phi) is 33.7. The van der Waals surface area contributed by atoms with Crippen LogP contribution >= 0.6 is 0 Å². The number of nitrogens with zero attached hydrogens (tertiary/aromatic N) is 8. The predicted molar refractivity (Wildman–Crippen MR) is 482 cm³/mol. The summed E-state index contributed by atoms with van der Waals surface area (Å²) in [7, 11) is 3.76. The fourth-order valence-corrected chi connectivity index (χ4v) is 15.0. The van der Waals surface area contributed by atoms with Gasteiger partial charge in [-0.1, -0.05) is 258 Å². The summed E-state index contributed by atoms with van der Waals surface area (Å²) in [6, 6.07) is 88.9. The quantitative estimate of drug-likeness (QED) is 0.0453. The van der Waals surface area contributed by atoms with Crippen LogP contribution in [0.4, 0.5) is 34.1 Å². The number of allylic oxidation sites excluding steroid dienone is 4. The largest absolute Gasteiger partial charge is 2.00 e. The van der Waals surface area contributed by atoms with Gasteiger partial charge in [0.1, 0.15) is 0 Å². The first-order valence-electron chi connectivity index (χ1n) is 40.0. The molecule has 2 aliphatic rings. The van der Waals surface area contributed by atoms with Gasteiger partial charge in [0.25, 0.3) is 0 Å². The van der Waals surface area contributed by atoms with Gasteiger partial charge in [-0.3, -0.25) is 0 Å². The zero-order valence-corrected chi connectivity index (χ0v) is 76.1. The van der Waals surface area contributed by atoms with Gasteiger partial charge in [-0.05, 0) is 240 Å². The van der Waals surface area contributed by atoms with Crippen LogP contribution in [0, 0.1) is 97.0 Å². The third kappa shape index (κ3) is 22.3. The predicted octanol–water partition coefficient (Wildman–Crippen LogP) is 26.8. The maximum Gasteiger partial charge on any atom is 2.00 e. The minimum atomic E-state index is 0. The standard InChI is InChI=1S/C50H44N2.C36H44N4.C11H8N.C6H9BN.Eu.Ir.Pt/c1-37-5-25-45(26-6-37)51(46-27-7-38(2)8-28-46)49-33-21-43(22-34-49)19-17-41-13-15-42(16-14-41)18-20-44-23-35-50(36-24-44)52(47-29-9-39(3)10-30-47)48-31-11-40(4)12-32-48;1-9-21-22(10-2)30-18-32-25(13-5)26(14-6)34(39-32)20-36-28(16-8)27(15-7)35(40-36)19-33-24(12-4)23(11-3)31(38-33)17-29(21)37-30;1-2-6-10(7-3-1)11-8-4-5-9-12-11;1-5-3-6(2)8(7)4-5;;;/h5-36H,1-4H3;17-20H,9-16H2,1-8H3;1-6,8-9H;3-4,7H,1-2H3;;;/q;-2;-1;;;;+2/b19-17+,20-18+;;;;;;. The third-order valence-corrected chi connectivity index (χ3v) is 21.1. The summed E-state index contributed by atoms with van der Waals surface area (Å²) >= 11 is 0. The Balaban J connectivity index is 0.000000210. The second-order valence-corrected chi connectivity index (χ2v) is 28.9. The molecule has 0 saturated carbocycles. The van der Waals surface area contributed by atoms with Crippen LogP contribution in [0.1, 0.15) is 182 Å². The van der Waals surface area contributed by atoms with E-state index in [4.69, 9.17) is 19.9 Å². The van der Waals surface area contributed by atoms with Gasteiger partial charge in [-0.2, -0.15) is 0 Å². The molecule has 8 aromatic carbocycles. The molecule has 115 heavy (non-hydrogen) atoms. The van der Waals surface area contributed by atoms with Crippen molar-refractivity contribution in [2.24, 2.45) is 0 Å². The molecular weight excluding hydrogens is 1900 g/mol. The molecule has 0 amide bonds. The van der Waals surface area contributed by atoms with Crippen molar-refractivity contribution >= 4 is 111 Å². The number of rotatable bonds is 19. The van der Waals surface area contributed by atoms with Crippen molar-refractivity contribution in [3.63, 3.8) is 0 Å². The van der Waals surface area contributed by atoms with Crippen LogP contribution in [0.2, 0.25) is 0 Å². The number of benzene rings is 8. The van der Waals surface area contributed by atoms with E-state index in [1.54, 1.807) is 6.20 Å². The van der Waals surface area contributed by atoms with Crippen molar-refractivity contribution in [2.75, 3.05) is 9.80 Å². The third-order valence-electron chi connectivity index (χ3n) is 21.1. The topological polar surface area (TPSA) is 78.3 Å². The molecule has 0 aliphatic carbocycles. The monoisotopic (exact) mass is 2010 g/mol. The van der Waals surface area contributed by atoms with Crippen LogP contribution in [0.25, 0.3) is 79.9 Å². The number of aromatic nitrogens is 6. The number of aryl methyl sites for hydroxylation is 10. The molecule has 587 valence electrons. The number of hydrogen-bond donors (Lipinski definition) is 0. The number of fused-ring (bicyclic) bond motifs is 8. The SMILES string of the molecule is CCC1=C(CC)c2cc3[n-]c(cc4nc(cc5[n-]c(cc1n2)c(CC)c5CC)C(CC)=C4CC)c(CC)c3CC.Cc1ccc(N(c2ccc(C)cc2)c2ccc(/C=C/c3ccc(/C=C/c4ccc(N(c5ccc(C)cc5)c5ccc(C)cc5)cc4)cc3)cc2)cc1.[BH]n1cc(C)cc1C.[Eu].[Ir].[Pt+2].[c-]1ccccc1-c1ccccn1. The summed E-state index contributed by atoms with van der Waals surface area (Å²) in [6.07, 6.45) is 20.1. The minimum Gasteiger partial charge on any atom is -0.657 e. The van der Waals surface area contributed by atoms with Gasteiger partial charge in [0.2, 0.25) is 7.98 Å². The number of hydrogen-bond acceptors (Lipinski definition) is 5. The Hall–Kier alpha value is -9.14. The number of pyridine rings is 1. The van der Waals surface area contributed by atoms with Crippen LogP contribution < -0.4 is 19.8 Å². The fraction of sp³-hybridized carbons (Fsp3) is 0.214. The summed E-state index contributed by atoms with van der Waals surface area (Å²) in [5, 5.41) is 0. The summed E-state index contributed by atoms with van der Waals surface area (Å²) in [5.74, 6) is 0. The smallest absolute Gasteiger partial charge is 0.657 e. The van der Waals surface area contributed by atoms with Crippen LogP contribution in [-0.4, -0.2) is 27.4 Å². The Morgan fingerprint density at radius 3 is 0.861 bits per heavy atom. The molecule has 12 heteroatoms. The van der Waals surface area contributed by atoms with Gasteiger partial charge in [-0.25, -0.2) is 9.97 Å². The van der Waals surface area contributed by atoms with E-state index in [9.17, 15) is 0 Å². The van der Waals surface area contributed by atoms with Gasteiger partial charge in [-0.15, -0.1) is 58.0 Å².